The van der Waals surface area contributed by atoms with Crippen LogP contribution in [0.1, 0.15) is 57.1 Å². The summed E-state index contributed by atoms with van der Waals surface area (Å²) in [6.45, 7) is 5.09. The van der Waals surface area contributed by atoms with Crippen molar-refractivity contribution in [2.24, 2.45) is 0 Å². The summed E-state index contributed by atoms with van der Waals surface area (Å²) in [7, 11) is -3.96. The Hall–Kier alpha value is -3.16. The van der Waals surface area contributed by atoms with Crippen LogP contribution in [0.5, 0.6) is 11.5 Å². The number of phenolic OH excluding ortho intramolecular Hbond substituents is 1. The van der Waals surface area contributed by atoms with Crippen molar-refractivity contribution in [3.05, 3.63) is 82.6 Å². The Morgan fingerprint density at radius 3 is 2.69 bits per heavy atom. The predicted molar refractivity (Wildman–Crippen MR) is 142 cm³/mol. The molecule has 0 saturated carbocycles. The van der Waals surface area contributed by atoms with E-state index >= 15 is 0 Å². The van der Waals surface area contributed by atoms with Crippen LogP contribution in [0, 0.1) is 0 Å². The summed E-state index contributed by atoms with van der Waals surface area (Å²) < 4.78 is 40.0. The number of hydrogen-bond donors (Lipinski definition) is 2. The average molecular weight is 507 g/mol. The number of benzene rings is 2. The van der Waals surface area contributed by atoms with Crippen molar-refractivity contribution in [2.75, 3.05) is 12.3 Å². The van der Waals surface area contributed by atoms with Gasteiger partial charge in [0.05, 0.1) is 11.2 Å². The second kappa shape index (κ2) is 9.37. The minimum atomic E-state index is -3.96. The number of para-hydroxylation sites is 1. The fourth-order valence-electron chi connectivity index (χ4n) is 5.47. The number of aromatic hydroxyl groups is 1. The van der Waals surface area contributed by atoms with Crippen LogP contribution in [0.3, 0.4) is 0 Å². The number of hydrogen-bond acceptors (Lipinski definition) is 4. The summed E-state index contributed by atoms with van der Waals surface area (Å²) in [5.41, 5.74) is 6.59. The van der Waals surface area contributed by atoms with Crippen molar-refractivity contribution < 1.29 is 27.4 Å². The third kappa shape index (κ3) is 4.77. The van der Waals surface area contributed by atoms with E-state index in [2.05, 4.69) is 54.9 Å². The molecule has 2 heterocycles. The minimum Gasteiger partial charge on any atom is -0.508 e. The molecular formula is C29H32NO5S+. The first-order chi connectivity index (χ1) is 17.1. The molecule has 0 spiro atoms. The number of allylic oxidation sites excluding steroid dienone is 4. The van der Waals surface area contributed by atoms with Crippen LogP contribution < -0.4 is 4.74 Å². The molecule has 2 aliphatic heterocycles. The van der Waals surface area contributed by atoms with Crippen molar-refractivity contribution in [1.29, 1.82) is 0 Å². The predicted octanol–water partition coefficient (Wildman–Crippen LogP) is 5.91. The van der Waals surface area contributed by atoms with E-state index in [1.54, 1.807) is 12.1 Å². The van der Waals surface area contributed by atoms with Gasteiger partial charge >= 0.3 is 0 Å². The van der Waals surface area contributed by atoms with Gasteiger partial charge in [-0.05, 0) is 75.0 Å². The van der Waals surface area contributed by atoms with Gasteiger partial charge in [-0.1, -0.05) is 18.2 Å². The van der Waals surface area contributed by atoms with E-state index < -0.39 is 10.1 Å². The third-order valence-electron chi connectivity index (χ3n) is 7.29. The van der Waals surface area contributed by atoms with E-state index in [0.717, 1.165) is 47.6 Å². The molecule has 3 aliphatic rings. The number of nitrogens with zero attached hydrogens (tertiary/aromatic N) is 1. The maximum Gasteiger partial charge on any atom is 0.264 e. The van der Waals surface area contributed by atoms with E-state index in [-0.39, 0.29) is 16.9 Å². The molecule has 2 N–H and O–H groups in total. The zero-order chi connectivity index (χ0) is 25.5. The molecule has 5 rings (SSSR count). The molecule has 0 radical (unpaired) electrons. The highest BCUT2D eigenvalue weighted by Gasteiger charge is 2.44. The first-order valence-corrected chi connectivity index (χ1v) is 14.1. The Bertz CT molecular complexity index is 1440. The number of ether oxygens (including phenoxy) is 1. The molecule has 0 unspecified atom stereocenters. The fourth-order valence-corrected chi connectivity index (χ4v) is 6.04. The summed E-state index contributed by atoms with van der Waals surface area (Å²) in [4.78, 5) is 0. The van der Waals surface area contributed by atoms with E-state index in [0.29, 0.717) is 25.1 Å². The standard InChI is InChI=1S/C29H31NO5S/c1-29(2)24-10-3-4-11-25(24)30(16-5-6-17-36(32,33)34)27(29)15-13-20-8-7-9-22-18-21-12-14-23(31)19-26(21)35-28(20)22/h3-4,10-15,18-19H,5-9,16-17H2,1-2H3,(H,32,33,34)/p+1. The highest BCUT2D eigenvalue weighted by atomic mass is 32.2. The highest BCUT2D eigenvalue weighted by Crippen LogP contribution is 2.42. The number of rotatable bonds is 7. The maximum atomic E-state index is 11.2. The monoisotopic (exact) mass is 506 g/mol. The summed E-state index contributed by atoms with van der Waals surface area (Å²) >= 11 is 0. The van der Waals surface area contributed by atoms with Crippen molar-refractivity contribution in [1.82, 2.24) is 0 Å². The summed E-state index contributed by atoms with van der Waals surface area (Å²) in [6.07, 6.45) is 10.4. The number of phenols is 1. The van der Waals surface area contributed by atoms with Crippen molar-refractivity contribution in [3.63, 3.8) is 0 Å². The molecule has 7 heteroatoms. The molecule has 0 fully saturated rings. The molecule has 0 amide bonds. The molecule has 188 valence electrons. The van der Waals surface area contributed by atoms with E-state index in [1.165, 1.54) is 11.1 Å². The van der Waals surface area contributed by atoms with Gasteiger partial charge in [0.15, 0.2) is 5.71 Å². The second-order valence-corrected chi connectivity index (χ2v) is 11.8. The van der Waals surface area contributed by atoms with Gasteiger partial charge in [-0.3, -0.25) is 4.55 Å². The maximum absolute atomic E-state index is 11.2. The van der Waals surface area contributed by atoms with Gasteiger partial charge in [0.1, 0.15) is 23.8 Å². The SMILES string of the molecule is CC1(C)C(/C=C/C2=C3Oc4cc(O)ccc4C=C3CCC2)=[N+](CCCCS(=O)(=O)O)c2ccccc21. The third-order valence-corrected chi connectivity index (χ3v) is 8.09. The Morgan fingerprint density at radius 1 is 1.08 bits per heavy atom. The molecule has 0 bridgehead atoms. The minimum absolute atomic E-state index is 0.185. The van der Waals surface area contributed by atoms with Crippen LogP contribution in [-0.4, -0.2) is 40.7 Å². The van der Waals surface area contributed by atoms with E-state index in [9.17, 15) is 13.5 Å². The molecule has 1 aliphatic carbocycles. The fraction of sp³-hybridized carbons (Fsp3) is 0.345. The first-order valence-electron chi connectivity index (χ1n) is 12.5. The van der Waals surface area contributed by atoms with Gasteiger partial charge in [0.2, 0.25) is 5.69 Å². The quantitative estimate of drug-likeness (QED) is 0.277. The number of unbranched alkanes of at least 4 members (excludes halogenated alkanes) is 1. The van der Waals surface area contributed by atoms with E-state index in [1.807, 2.05) is 12.1 Å². The van der Waals surface area contributed by atoms with Crippen LogP contribution in [0.15, 0.2) is 71.5 Å². The Balaban J connectivity index is 1.49. The molecule has 0 atom stereocenters. The largest absolute Gasteiger partial charge is 0.508 e. The average Bonchev–Trinajstić information content (AvgIpc) is 3.04. The topological polar surface area (TPSA) is 86.8 Å². The smallest absolute Gasteiger partial charge is 0.264 e. The molecule has 6 nitrogen and oxygen atoms in total. The van der Waals surface area contributed by atoms with Crippen LogP contribution in [-0.2, 0) is 15.5 Å². The highest BCUT2D eigenvalue weighted by molar-refractivity contribution is 7.85. The van der Waals surface area contributed by atoms with Gasteiger partial charge in [0.25, 0.3) is 10.1 Å². The molecule has 0 aromatic heterocycles. The normalized spacial score (nSPS) is 18.6. The lowest BCUT2D eigenvalue weighted by Crippen LogP contribution is -2.28. The van der Waals surface area contributed by atoms with Crippen LogP contribution in [0.4, 0.5) is 5.69 Å². The Kier molecular flexibility index (Phi) is 6.39. The summed E-state index contributed by atoms with van der Waals surface area (Å²) in [5, 5.41) is 9.92. The van der Waals surface area contributed by atoms with E-state index in [4.69, 9.17) is 9.29 Å². The van der Waals surface area contributed by atoms with Gasteiger partial charge in [-0.25, -0.2) is 0 Å². The van der Waals surface area contributed by atoms with Crippen LogP contribution in [0.25, 0.3) is 6.08 Å². The number of fused-ring (bicyclic) bond motifs is 3. The first kappa shape index (κ1) is 24.5. The van der Waals surface area contributed by atoms with Gasteiger partial charge in [-0.15, -0.1) is 0 Å². The lowest BCUT2D eigenvalue weighted by atomic mass is 9.81. The van der Waals surface area contributed by atoms with Gasteiger partial charge in [0, 0.05) is 35.8 Å². The molecular weight excluding hydrogens is 474 g/mol. The van der Waals surface area contributed by atoms with Crippen LogP contribution in [0.2, 0.25) is 0 Å². The zero-order valence-electron chi connectivity index (χ0n) is 20.7. The molecule has 2 aromatic rings. The Morgan fingerprint density at radius 2 is 1.89 bits per heavy atom. The van der Waals surface area contributed by atoms with Crippen LogP contribution >= 0.6 is 0 Å². The lowest BCUT2D eigenvalue weighted by molar-refractivity contribution is -0.438. The zero-order valence-corrected chi connectivity index (χ0v) is 21.5. The molecule has 36 heavy (non-hydrogen) atoms. The Labute approximate surface area is 212 Å². The molecule has 0 saturated heterocycles. The molecule has 2 aromatic carbocycles. The summed E-state index contributed by atoms with van der Waals surface area (Å²) in [5.74, 6) is 1.51. The lowest BCUT2D eigenvalue weighted by Gasteiger charge is -2.26. The van der Waals surface area contributed by atoms with Crippen molar-refractivity contribution in [3.8, 4) is 11.5 Å². The van der Waals surface area contributed by atoms with Crippen molar-refractivity contribution in [2.45, 2.75) is 51.4 Å². The van der Waals surface area contributed by atoms with Crippen molar-refractivity contribution >= 4 is 27.6 Å². The summed E-state index contributed by atoms with van der Waals surface area (Å²) in [6, 6.07) is 13.6. The second-order valence-electron chi connectivity index (χ2n) is 10.2. The van der Waals surface area contributed by atoms with Gasteiger partial charge < -0.3 is 9.84 Å². The van der Waals surface area contributed by atoms with Gasteiger partial charge in [-0.2, -0.15) is 13.0 Å².